The van der Waals surface area contributed by atoms with Crippen LogP contribution in [-0.2, 0) is 11.2 Å². The molecule has 5 nitrogen and oxygen atoms in total. The first-order chi connectivity index (χ1) is 14.6. The maximum Gasteiger partial charge on any atom is 0.253 e. The Morgan fingerprint density at radius 1 is 1.00 bits per heavy atom. The molecule has 5 heteroatoms. The van der Waals surface area contributed by atoms with E-state index in [1.54, 1.807) is 0 Å². The zero-order valence-electron chi connectivity index (χ0n) is 17.7. The Bertz CT molecular complexity index is 885. The number of anilines is 2. The van der Waals surface area contributed by atoms with E-state index in [1.807, 2.05) is 25.1 Å². The summed E-state index contributed by atoms with van der Waals surface area (Å²) in [6.07, 6.45) is 5.88. The lowest BCUT2D eigenvalue weighted by molar-refractivity contribution is -0.115. The van der Waals surface area contributed by atoms with Crippen molar-refractivity contribution in [2.75, 3.05) is 23.3 Å². The van der Waals surface area contributed by atoms with Gasteiger partial charge in [0.1, 0.15) is 0 Å². The van der Waals surface area contributed by atoms with Gasteiger partial charge in [-0.15, -0.1) is 0 Å². The first-order valence-corrected chi connectivity index (χ1v) is 11.2. The molecule has 0 aromatic heterocycles. The predicted molar refractivity (Wildman–Crippen MR) is 121 cm³/mol. The van der Waals surface area contributed by atoms with Crippen LogP contribution in [0.15, 0.2) is 48.5 Å². The molecular formula is C25H31N3O2. The van der Waals surface area contributed by atoms with Crippen LogP contribution in [-0.4, -0.2) is 30.9 Å². The molecule has 0 spiro atoms. The van der Waals surface area contributed by atoms with Gasteiger partial charge in [-0.1, -0.05) is 37.3 Å². The van der Waals surface area contributed by atoms with Crippen LogP contribution in [0.1, 0.15) is 54.9 Å². The normalized spacial score (nSPS) is 16.9. The highest BCUT2D eigenvalue weighted by Gasteiger charge is 2.27. The number of nitrogens with one attached hydrogen (secondary N) is 2. The van der Waals surface area contributed by atoms with Crippen LogP contribution < -0.4 is 15.5 Å². The molecule has 1 heterocycles. The van der Waals surface area contributed by atoms with Gasteiger partial charge in [0, 0.05) is 36.9 Å². The molecule has 30 heavy (non-hydrogen) atoms. The molecule has 1 saturated heterocycles. The molecule has 158 valence electrons. The van der Waals surface area contributed by atoms with Gasteiger partial charge in [-0.05, 0) is 61.8 Å². The van der Waals surface area contributed by atoms with Crippen LogP contribution in [0.2, 0.25) is 0 Å². The smallest absolute Gasteiger partial charge is 0.253 e. The minimum Gasteiger partial charge on any atom is -0.371 e. The molecule has 4 rings (SSSR count). The standard InChI is InChI=1S/C25H31N3O2/c1-2-24(29)26-21-10-11-23(22(17-21)25(30)27-20-8-9-20)28-14-12-19(13-15-28)16-18-6-4-3-5-7-18/h3-7,10-11,17,19-20H,2,8-9,12-16H2,1H3,(H,26,29)(H,27,30). The van der Waals surface area contributed by atoms with Crippen LogP contribution in [0.3, 0.4) is 0 Å². The molecule has 2 aliphatic rings. The predicted octanol–water partition coefficient (Wildman–Crippen LogP) is 4.39. The third kappa shape index (κ3) is 5.21. The van der Waals surface area contributed by atoms with E-state index in [0.29, 0.717) is 29.6 Å². The number of hydrogen-bond acceptors (Lipinski definition) is 3. The second-order valence-electron chi connectivity index (χ2n) is 8.50. The van der Waals surface area contributed by atoms with E-state index in [0.717, 1.165) is 50.9 Å². The van der Waals surface area contributed by atoms with Gasteiger partial charge in [-0.2, -0.15) is 0 Å². The third-order valence-corrected chi connectivity index (χ3v) is 6.08. The van der Waals surface area contributed by atoms with Gasteiger partial charge in [0.2, 0.25) is 5.91 Å². The van der Waals surface area contributed by atoms with Crippen LogP contribution in [0.25, 0.3) is 0 Å². The number of carbonyl (C=O) groups is 2. The Labute approximate surface area is 178 Å². The SMILES string of the molecule is CCC(=O)Nc1ccc(N2CCC(Cc3ccccc3)CC2)c(C(=O)NC2CC2)c1. The second-order valence-corrected chi connectivity index (χ2v) is 8.50. The summed E-state index contributed by atoms with van der Waals surface area (Å²) >= 11 is 0. The molecule has 1 aliphatic heterocycles. The van der Waals surface area contributed by atoms with Crippen LogP contribution in [0.5, 0.6) is 0 Å². The van der Waals surface area contributed by atoms with E-state index in [-0.39, 0.29) is 11.8 Å². The van der Waals surface area contributed by atoms with Crippen molar-refractivity contribution in [2.45, 2.75) is 51.5 Å². The lowest BCUT2D eigenvalue weighted by Gasteiger charge is -2.35. The molecule has 2 aromatic rings. The summed E-state index contributed by atoms with van der Waals surface area (Å²) in [5.41, 5.74) is 3.72. The minimum absolute atomic E-state index is 0.0356. The maximum atomic E-state index is 12.9. The van der Waals surface area contributed by atoms with E-state index in [1.165, 1.54) is 5.56 Å². The summed E-state index contributed by atoms with van der Waals surface area (Å²) in [5, 5.41) is 5.99. The molecule has 2 amide bonds. The number of benzene rings is 2. The highest BCUT2D eigenvalue weighted by Crippen LogP contribution is 2.31. The van der Waals surface area contributed by atoms with Crippen LogP contribution >= 0.6 is 0 Å². The van der Waals surface area contributed by atoms with Crippen molar-refractivity contribution in [1.82, 2.24) is 5.32 Å². The van der Waals surface area contributed by atoms with Crippen molar-refractivity contribution in [3.8, 4) is 0 Å². The number of carbonyl (C=O) groups excluding carboxylic acids is 2. The van der Waals surface area contributed by atoms with Crippen molar-refractivity contribution in [3.05, 3.63) is 59.7 Å². The average Bonchev–Trinajstić information content (AvgIpc) is 3.59. The van der Waals surface area contributed by atoms with Gasteiger partial charge in [0.05, 0.1) is 5.56 Å². The number of nitrogens with zero attached hydrogens (tertiary/aromatic N) is 1. The fourth-order valence-corrected chi connectivity index (χ4v) is 4.14. The Morgan fingerprint density at radius 2 is 1.73 bits per heavy atom. The van der Waals surface area contributed by atoms with E-state index in [4.69, 9.17) is 0 Å². The number of amides is 2. The summed E-state index contributed by atoms with van der Waals surface area (Å²) in [4.78, 5) is 27.1. The Hall–Kier alpha value is -2.82. The third-order valence-electron chi connectivity index (χ3n) is 6.08. The van der Waals surface area contributed by atoms with Gasteiger partial charge in [-0.3, -0.25) is 9.59 Å². The topological polar surface area (TPSA) is 61.4 Å². The Morgan fingerprint density at radius 3 is 2.40 bits per heavy atom. The second kappa shape index (κ2) is 9.33. The largest absolute Gasteiger partial charge is 0.371 e. The minimum atomic E-state index is -0.0435. The van der Waals surface area contributed by atoms with E-state index >= 15 is 0 Å². The van der Waals surface area contributed by atoms with Gasteiger partial charge >= 0.3 is 0 Å². The molecule has 0 bridgehead atoms. The van der Waals surface area contributed by atoms with E-state index in [9.17, 15) is 9.59 Å². The summed E-state index contributed by atoms with van der Waals surface area (Å²) < 4.78 is 0. The zero-order chi connectivity index (χ0) is 20.9. The van der Waals surface area contributed by atoms with E-state index < -0.39 is 0 Å². The highest BCUT2D eigenvalue weighted by molar-refractivity contribution is 6.02. The molecule has 0 unspecified atom stereocenters. The zero-order valence-corrected chi connectivity index (χ0v) is 17.7. The van der Waals surface area contributed by atoms with Crippen molar-refractivity contribution in [3.63, 3.8) is 0 Å². The molecule has 2 N–H and O–H groups in total. The number of rotatable bonds is 7. The molecule has 0 radical (unpaired) electrons. The van der Waals surface area contributed by atoms with Crippen molar-refractivity contribution in [2.24, 2.45) is 5.92 Å². The molecular weight excluding hydrogens is 374 g/mol. The van der Waals surface area contributed by atoms with Gasteiger partial charge < -0.3 is 15.5 Å². The Kier molecular flexibility index (Phi) is 6.36. The lowest BCUT2D eigenvalue weighted by Crippen LogP contribution is -2.36. The van der Waals surface area contributed by atoms with Gasteiger partial charge in [-0.25, -0.2) is 0 Å². The monoisotopic (exact) mass is 405 g/mol. The molecule has 2 fully saturated rings. The van der Waals surface area contributed by atoms with Gasteiger partial charge in [0.15, 0.2) is 0 Å². The quantitative estimate of drug-likeness (QED) is 0.718. The first kappa shape index (κ1) is 20.5. The average molecular weight is 406 g/mol. The molecule has 1 aliphatic carbocycles. The van der Waals surface area contributed by atoms with Crippen molar-refractivity contribution >= 4 is 23.2 Å². The molecule has 0 atom stereocenters. The van der Waals surface area contributed by atoms with Crippen LogP contribution in [0, 0.1) is 5.92 Å². The summed E-state index contributed by atoms with van der Waals surface area (Å²) in [6, 6.07) is 16.7. The van der Waals surface area contributed by atoms with Gasteiger partial charge in [0.25, 0.3) is 5.91 Å². The van der Waals surface area contributed by atoms with Crippen molar-refractivity contribution < 1.29 is 9.59 Å². The summed E-state index contributed by atoms with van der Waals surface area (Å²) in [7, 11) is 0. The summed E-state index contributed by atoms with van der Waals surface area (Å²) in [6.45, 7) is 3.72. The Balaban J connectivity index is 1.46. The fraction of sp³-hybridized carbons (Fsp3) is 0.440. The maximum absolute atomic E-state index is 12.9. The highest BCUT2D eigenvalue weighted by atomic mass is 16.2. The van der Waals surface area contributed by atoms with Crippen molar-refractivity contribution in [1.29, 1.82) is 0 Å². The van der Waals surface area contributed by atoms with Crippen LogP contribution in [0.4, 0.5) is 11.4 Å². The number of piperidine rings is 1. The lowest BCUT2D eigenvalue weighted by atomic mass is 9.89. The first-order valence-electron chi connectivity index (χ1n) is 11.2. The number of hydrogen-bond donors (Lipinski definition) is 2. The summed E-state index contributed by atoms with van der Waals surface area (Å²) in [5.74, 6) is 0.597. The van der Waals surface area contributed by atoms with E-state index in [2.05, 4.69) is 45.9 Å². The molecule has 1 saturated carbocycles. The fourth-order valence-electron chi connectivity index (χ4n) is 4.14. The molecule has 2 aromatic carbocycles.